The number of guanidine groups is 1. The molecule has 3 rings (SSSR count). The van der Waals surface area contributed by atoms with E-state index in [-0.39, 0.29) is 29.9 Å². The number of nitrogens with one attached hydrogen (secondary N) is 3. The van der Waals surface area contributed by atoms with Gasteiger partial charge in [0, 0.05) is 31.7 Å². The fraction of sp³-hybridized carbons (Fsp3) is 0.440. The van der Waals surface area contributed by atoms with Crippen LogP contribution in [-0.4, -0.2) is 49.5 Å². The van der Waals surface area contributed by atoms with Crippen LogP contribution in [-0.2, 0) is 13.1 Å². The lowest BCUT2D eigenvalue weighted by molar-refractivity contribution is 0.0953. The first kappa shape index (κ1) is 26.1. The van der Waals surface area contributed by atoms with E-state index in [0.29, 0.717) is 18.7 Å². The maximum atomic E-state index is 12.1. The highest BCUT2D eigenvalue weighted by atomic mass is 127. The number of hydrogen-bond acceptors (Lipinski definition) is 3. The molecule has 174 valence electrons. The molecule has 0 saturated carbocycles. The van der Waals surface area contributed by atoms with Crippen LogP contribution in [0.15, 0.2) is 59.6 Å². The summed E-state index contributed by atoms with van der Waals surface area (Å²) in [5.41, 5.74) is 3.27. The Morgan fingerprint density at radius 1 is 0.906 bits per heavy atom. The molecule has 1 saturated heterocycles. The molecule has 1 heterocycles. The molecule has 7 heteroatoms. The van der Waals surface area contributed by atoms with Gasteiger partial charge in [-0.15, -0.1) is 24.0 Å². The van der Waals surface area contributed by atoms with Gasteiger partial charge >= 0.3 is 0 Å². The van der Waals surface area contributed by atoms with Crippen LogP contribution >= 0.6 is 24.0 Å². The molecule has 1 aliphatic heterocycles. The second-order valence-electron chi connectivity index (χ2n) is 7.90. The summed E-state index contributed by atoms with van der Waals surface area (Å²) in [6, 6.07) is 18.1. The van der Waals surface area contributed by atoms with Crippen LogP contribution in [0.5, 0.6) is 0 Å². The number of benzene rings is 2. The number of nitrogens with zero attached hydrogens (tertiary/aromatic N) is 2. The Morgan fingerprint density at radius 2 is 1.56 bits per heavy atom. The van der Waals surface area contributed by atoms with Gasteiger partial charge in [0.15, 0.2) is 5.96 Å². The highest BCUT2D eigenvalue weighted by molar-refractivity contribution is 14.0. The van der Waals surface area contributed by atoms with Crippen molar-refractivity contribution in [1.82, 2.24) is 20.9 Å². The molecule has 2 aromatic carbocycles. The third-order valence-electron chi connectivity index (χ3n) is 5.36. The van der Waals surface area contributed by atoms with Crippen molar-refractivity contribution in [2.24, 2.45) is 4.99 Å². The Balaban J connectivity index is 0.00000363. The summed E-state index contributed by atoms with van der Waals surface area (Å²) in [5.74, 6) is 0.771. The van der Waals surface area contributed by atoms with Gasteiger partial charge in [0.2, 0.25) is 0 Å². The summed E-state index contributed by atoms with van der Waals surface area (Å²) in [5, 5.41) is 9.58. The van der Waals surface area contributed by atoms with E-state index in [0.717, 1.165) is 32.0 Å². The van der Waals surface area contributed by atoms with Gasteiger partial charge < -0.3 is 16.0 Å². The van der Waals surface area contributed by atoms with Gasteiger partial charge in [-0.3, -0.25) is 9.69 Å². The van der Waals surface area contributed by atoms with Gasteiger partial charge in [-0.05, 0) is 62.5 Å². The maximum Gasteiger partial charge on any atom is 0.251 e. The largest absolute Gasteiger partial charge is 0.357 e. The fourth-order valence-corrected chi connectivity index (χ4v) is 3.65. The third-order valence-corrected chi connectivity index (χ3v) is 5.36. The minimum Gasteiger partial charge on any atom is -0.357 e. The van der Waals surface area contributed by atoms with Crippen LogP contribution in [0.3, 0.4) is 0 Å². The highest BCUT2D eigenvalue weighted by Gasteiger charge is 2.11. The van der Waals surface area contributed by atoms with Crippen LogP contribution < -0.4 is 16.0 Å². The minimum atomic E-state index is -0.0330. The van der Waals surface area contributed by atoms with E-state index >= 15 is 0 Å². The van der Waals surface area contributed by atoms with Gasteiger partial charge in [-0.2, -0.15) is 0 Å². The minimum absolute atomic E-state index is 0. The Labute approximate surface area is 209 Å². The number of rotatable bonds is 10. The van der Waals surface area contributed by atoms with Crippen LogP contribution in [0, 0.1) is 0 Å². The van der Waals surface area contributed by atoms with E-state index < -0.39 is 0 Å². The molecule has 0 atom stereocenters. The Morgan fingerprint density at radius 3 is 2.25 bits per heavy atom. The number of hydrogen-bond donors (Lipinski definition) is 3. The molecule has 0 radical (unpaired) electrons. The predicted octanol–water partition coefficient (Wildman–Crippen LogP) is 3.78. The number of carbonyl (C=O) groups excluding carboxylic acids is 1. The predicted molar refractivity (Wildman–Crippen MR) is 143 cm³/mol. The van der Waals surface area contributed by atoms with Crippen molar-refractivity contribution < 1.29 is 4.79 Å². The number of amides is 1. The summed E-state index contributed by atoms with van der Waals surface area (Å²) in [6.07, 6.45) is 3.48. The second kappa shape index (κ2) is 14.8. The van der Waals surface area contributed by atoms with Gasteiger partial charge in [0.1, 0.15) is 0 Å². The molecular formula is C25H36IN5O. The Kier molecular flexibility index (Phi) is 12.1. The molecule has 1 amide bonds. The zero-order chi connectivity index (χ0) is 21.7. The van der Waals surface area contributed by atoms with Crippen LogP contribution in [0.1, 0.15) is 47.7 Å². The molecule has 0 unspecified atom stereocenters. The number of aliphatic imine (C=N–C) groups is 1. The summed E-state index contributed by atoms with van der Waals surface area (Å²) in [4.78, 5) is 19.3. The lowest BCUT2D eigenvalue weighted by atomic mass is 10.1. The first-order valence-corrected chi connectivity index (χ1v) is 11.4. The summed E-state index contributed by atoms with van der Waals surface area (Å²) >= 11 is 0. The first-order chi connectivity index (χ1) is 15.2. The Bertz CT molecular complexity index is 820. The van der Waals surface area contributed by atoms with Gasteiger partial charge in [0.05, 0.1) is 6.54 Å². The lowest BCUT2D eigenvalue weighted by Gasteiger charge is -2.14. The summed E-state index contributed by atoms with van der Waals surface area (Å²) in [7, 11) is 0. The van der Waals surface area contributed by atoms with E-state index in [4.69, 9.17) is 4.99 Å². The third kappa shape index (κ3) is 9.16. The van der Waals surface area contributed by atoms with Crippen molar-refractivity contribution in [1.29, 1.82) is 0 Å². The van der Waals surface area contributed by atoms with Crippen LogP contribution in [0.2, 0.25) is 0 Å². The van der Waals surface area contributed by atoms with Crippen LogP contribution in [0.25, 0.3) is 0 Å². The number of carbonyl (C=O) groups is 1. The summed E-state index contributed by atoms with van der Waals surface area (Å²) < 4.78 is 0. The number of likely N-dealkylation sites (tertiary alicyclic amines) is 1. The molecule has 0 spiro atoms. The molecule has 2 aromatic rings. The molecule has 1 fully saturated rings. The van der Waals surface area contributed by atoms with E-state index in [1.54, 1.807) is 0 Å². The quantitative estimate of drug-likeness (QED) is 0.183. The smallest absolute Gasteiger partial charge is 0.251 e. The standard InChI is InChI=1S/C25H35N5O.HI/c1-2-26-25(28-16-8-15-27-24(31)23-9-4-3-5-10-23)29-19-21-11-13-22(14-12-21)20-30-17-6-7-18-30;/h3-5,9-14H,2,6-8,15-20H2,1H3,(H,27,31)(H2,26,28,29);1H. The number of halogens is 1. The molecule has 0 aromatic heterocycles. The second-order valence-corrected chi connectivity index (χ2v) is 7.90. The van der Waals surface area contributed by atoms with Crippen molar-refractivity contribution in [3.05, 3.63) is 71.3 Å². The molecule has 3 N–H and O–H groups in total. The molecular weight excluding hydrogens is 513 g/mol. The average molecular weight is 550 g/mol. The van der Waals surface area contributed by atoms with Crippen molar-refractivity contribution in [2.45, 2.75) is 39.3 Å². The SMILES string of the molecule is CCNC(=NCc1ccc(CN2CCCC2)cc1)NCCCNC(=O)c1ccccc1.I. The zero-order valence-electron chi connectivity index (χ0n) is 19.0. The molecule has 32 heavy (non-hydrogen) atoms. The van der Waals surface area contributed by atoms with E-state index in [9.17, 15) is 4.79 Å². The topological polar surface area (TPSA) is 68.8 Å². The van der Waals surface area contributed by atoms with E-state index in [1.807, 2.05) is 30.3 Å². The molecule has 0 bridgehead atoms. The van der Waals surface area contributed by atoms with Gasteiger partial charge in [-0.25, -0.2) is 4.99 Å². The average Bonchev–Trinajstić information content (AvgIpc) is 3.31. The van der Waals surface area contributed by atoms with Gasteiger partial charge in [0.25, 0.3) is 5.91 Å². The Hall–Kier alpha value is -2.13. The van der Waals surface area contributed by atoms with Crippen molar-refractivity contribution in [2.75, 3.05) is 32.7 Å². The molecule has 0 aliphatic carbocycles. The normalized spacial score (nSPS) is 14.0. The van der Waals surface area contributed by atoms with Crippen molar-refractivity contribution >= 4 is 35.8 Å². The molecule has 6 nitrogen and oxygen atoms in total. The zero-order valence-corrected chi connectivity index (χ0v) is 21.3. The highest BCUT2D eigenvalue weighted by Crippen LogP contribution is 2.13. The monoisotopic (exact) mass is 549 g/mol. The van der Waals surface area contributed by atoms with Crippen molar-refractivity contribution in [3.63, 3.8) is 0 Å². The molecule has 1 aliphatic rings. The van der Waals surface area contributed by atoms with Gasteiger partial charge in [-0.1, -0.05) is 42.5 Å². The first-order valence-electron chi connectivity index (χ1n) is 11.4. The maximum absolute atomic E-state index is 12.1. The van der Waals surface area contributed by atoms with E-state index in [1.165, 1.54) is 37.1 Å². The van der Waals surface area contributed by atoms with Crippen molar-refractivity contribution in [3.8, 4) is 0 Å². The summed E-state index contributed by atoms with van der Waals surface area (Å²) in [6.45, 7) is 8.38. The fourth-order valence-electron chi connectivity index (χ4n) is 3.65. The lowest BCUT2D eigenvalue weighted by Crippen LogP contribution is -2.38. The van der Waals surface area contributed by atoms with E-state index in [2.05, 4.69) is 52.0 Å². The van der Waals surface area contributed by atoms with Crippen LogP contribution in [0.4, 0.5) is 0 Å².